The van der Waals surface area contributed by atoms with E-state index in [1.807, 2.05) is 30.3 Å². The summed E-state index contributed by atoms with van der Waals surface area (Å²) in [6.45, 7) is 3.34. The Bertz CT molecular complexity index is 682. The maximum Gasteiger partial charge on any atom is 0.328 e. The third kappa shape index (κ3) is 4.23. The highest BCUT2D eigenvalue weighted by Crippen LogP contribution is 2.22. The lowest BCUT2D eigenvalue weighted by molar-refractivity contribution is -0.151. The van der Waals surface area contributed by atoms with Crippen LogP contribution in [0.4, 0.5) is 0 Å². The summed E-state index contributed by atoms with van der Waals surface area (Å²) in [5.41, 5.74) is 1.50. The van der Waals surface area contributed by atoms with E-state index in [2.05, 4.69) is 10.3 Å². The van der Waals surface area contributed by atoms with Crippen molar-refractivity contribution >= 4 is 11.8 Å². The van der Waals surface area contributed by atoms with Crippen LogP contribution in [-0.2, 0) is 20.8 Å². The summed E-state index contributed by atoms with van der Waals surface area (Å²) in [6, 6.07) is 9.22. The Hall–Kier alpha value is -2.54. The Morgan fingerprint density at radius 3 is 2.57 bits per heavy atom. The monoisotopic (exact) mass is 317 g/mol. The van der Waals surface area contributed by atoms with Gasteiger partial charge in [0.15, 0.2) is 11.5 Å². The van der Waals surface area contributed by atoms with Crippen molar-refractivity contribution in [2.75, 3.05) is 13.7 Å². The van der Waals surface area contributed by atoms with Gasteiger partial charge in [0.25, 0.3) is 0 Å². The molecule has 1 heterocycles. The maximum absolute atomic E-state index is 12.0. The second-order valence-corrected chi connectivity index (χ2v) is 5.12. The third-order valence-electron chi connectivity index (χ3n) is 3.13. The maximum atomic E-state index is 12.0. The molecule has 0 amide bonds. The molecule has 7 heteroatoms. The normalized spacial score (nSPS) is 12.0. The molecule has 1 atom stereocenters. The predicted octanol–water partition coefficient (Wildman–Crippen LogP) is 1.73. The van der Waals surface area contributed by atoms with Crippen molar-refractivity contribution in [3.05, 3.63) is 36.0 Å². The van der Waals surface area contributed by atoms with Crippen LogP contribution in [0.3, 0.4) is 0 Å². The number of Topliss-reactive ketones (excluding diaryl/α,β-unsaturated/α-hetero) is 1. The molecule has 0 spiro atoms. The van der Waals surface area contributed by atoms with Gasteiger partial charge in [-0.15, -0.1) is 5.10 Å². The highest BCUT2D eigenvalue weighted by atomic mass is 16.6. The third-order valence-corrected chi connectivity index (χ3v) is 3.13. The van der Waals surface area contributed by atoms with E-state index in [4.69, 9.17) is 9.47 Å². The van der Waals surface area contributed by atoms with Crippen LogP contribution in [0, 0.1) is 0 Å². The van der Waals surface area contributed by atoms with Gasteiger partial charge in [-0.05, 0) is 6.92 Å². The summed E-state index contributed by atoms with van der Waals surface area (Å²) in [5, 5.41) is 7.81. The van der Waals surface area contributed by atoms with Crippen LogP contribution >= 0.6 is 0 Å². The van der Waals surface area contributed by atoms with E-state index >= 15 is 0 Å². The fourth-order valence-corrected chi connectivity index (χ4v) is 2.20. The van der Waals surface area contributed by atoms with E-state index in [1.54, 1.807) is 6.92 Å². The summed E-state index contributed by atoms with van der Waals surface area (Å²) < 4.78 is 11.5. The number of hydrogen-bond acceptors (Lipinski definition) is 6. The summed E-state index contributed by atoms with van der Waals surface area (Å²) in [4.78, 5) is 23.8. The smallest absolute Gasteiger partial charge is 0.328 e. The molecule has 0 aliphatic rings. The number of ketones is 1. The quantitative estimate of drug-likeness (QED) is 0.571. The van der Waals surface area contributed by atoms with Gasteiger partial charge in [-0.3, -0.25) is 9.59 Å². The van der Waals surface area contributed by atoms with Crippen LogP contribution in [0.15, 0.2) is 30.3 Å². The first-order chi connectivity index (χ1) is 11.0. The molecule has 0 saturated carbocycles. The van der Waals surface area contributed by atoms with Crippen LogP contribution < -0.4 is 0 Å². The first-order valence-electron chi connectivity index (χ1n) is 7.21. The van der Waals surface area contributed by atoms with Crippen molar-refractivity contribution in [3.63, 3.8) is 0 Å². The zero-order chi connectivity index (χ0) is 16.8. The Balaban J connectivity index is 2.26. The summed E-state index contributed by atoms with van der Waals surface area (Å²) in [5.74, 6) is -0.678. The predicted molar refractivity (Wildman–Crippen MR) is 82.9 cm³/mol. The molecule has 0 radical (unpaired) electrons. The molecule has 1 aromatic heterocycles. The number of hydrogen-bond donors (Lipinski definition) is 0. The van der Waals surface area contributed by atoms with Gasteiger partial charge in [-0.25, -0.2) is 4.68 Å². The number of carbonyl (C=O) groups excluding carboxylic acids is 2. The zero-order valence-electron chi connectivity index (χ0n) is 13.4. The second-order valence-electron chi connectivity index (χ2n) is 5.12. The van der Waals surface area contributed by atoms with Gasteiger partial charge >= 0.3 is 5.97 Å². The number of nitrogens with zero attached hydrogens (tertiary/aromatic N) is 3. The van der Waals surface area contributed by atoms with Crippen LogP contribution in [0.5, 0.6) is 0 Å². The van der Waals surface area contributed by atoms with Crippen molar-refractivity contribution in [1.29, 1.82) is 0 Å². The molecular weight excluding hydrogens is 298 g/mol. The van der Waals surface area contributed by atoms with Gasteiger partial charge < -0.3 is 9.47 Å². The first kappa shape index (κ1) is 16.8. The lowest BCUT2D eigenvalue weighted by atomic mass is 10.1. The van der Waals surface area contributed by atoms with Crippen molar-refractivity contribution in [2.45, 2.75) is 26.5 Å². The standard InChI is InChI=1S/C16H19N3O4/c1-11(10-22-3)23-14(21)9-19-16(13-7-5-4-6-8-13)15(12(2)20)17-18-19/h4-8,11H,9-10H2,1-3H3. The van der Waals surface area contributed by atoms with Crippen LogP contribution in [0.1, 0.15) is 24.3 Å². The van der Waals surface area contributed by atoms with Crippen molar-refractivity contribution in [1.82, 2.24) is 15.0 Å². The molecular formula is C16H19N3O4. The van der Waals surface area contributed by atoms with Crippen LogP contribution in [-0.4, -0.2) is 46.6 Å². The Labute approximate surface area is 134 Å². The number of esters is 1. The van der Waals surface area contributed by atoms with Gasteiger partial charge in [0.05, 0.1) is 6.61 Å². The lowest BCUT2D eigenvalue weighted by Crippen LogP contribution is -2.23. The number of ether oxygens (including phenoxy) is 2. The molecule has 0 N–H and O–H groups in total. The molecule has 7 nitrogen and oxygen atoms in total. The van der Waals surface area contributed by atoms with E-state index in [9.17, 15) is 9.59 Å². The Kier molecular flexibility index (Phi) is 5.59. The average Bonchev–Trinajstić information content (AvgIpc) is 2.91. The second kappa shape index (κ2) is 7.64. The fourth-order valence-electron chi connectivity index (χ4n) is 2.20. The number of aromatic nitrogens is 3. The van der Waals surface area contributed by atoms with Crippen LogP contribution in [0.25, 0.3) is 11.3 Å². The Morgan fingerprint density at radius 1 is 1.26 bits per heavy atom. The molecule has 2 rings (SSSR count). The van der Waals surface area contributed by atoms with Gasteiger partial charge in [-0.1, -0.05) is 35.5 Å². The van der Waals surface area contributed by atoms with E-state index in [0.717, 1.165) is 5.56 Å². The molecule has 0 aliphatic carbocycles. The van der Waals surface area contributed by atoms with Gasteiger partial charge in [-0.2, -0.15) is 0 Å². The first-order valence-corrected chi connectivity index (χ1v) is 7.21. The number of benzene rings is 1. The summed E-state index contributed by atoms with van der Waals surface area (Å²) in [7, 11) is 1.54. The van der Waals surface area contributed by atoms with Crippen molar-refractivity contribution in [3.8, 4) is 11.3 Å². The molecule has 0 saturated heterocycles. The van der Waals surface area contributed by atoms with Crippen molar-refractivity contribution in [2.24, 2.45) is 0 Å². The van der Waals surface area contributed by atoms with Crippen molar-refractivity contribution < 1.29 is 19.1 Å². The number of rotatable bonds is 7. The van der Waals surface area contributed by atoms with Crippen LogP contribution in [0.2, 0.25) is 0 Å². The van der Waals surface area contributed by atoms with E-state index in [-0.39, 0.29) is 24.1 Å². The topological polar surface area (TPSA) is 83.3 Å². The fraction of sp³-hybridized carbons (Fsp3) is 0.375. The lowest BCUT2D eigenvalue weighted by Gasteiger charge is -2.13. The molecule has 23 heavy (non-hydrogen) atoms. The summed E-state index contributed by atoms with van der Waals surface area (Å²) >= 11 is 0. The molecule has 2 aromatic rings. The minimum Gasteiger partial charge on any atom is -0.459 e. The average molecular weight is 317 g/mol. The molecule has 0 aliphatic heterocycles. The number of methoxy groups -OCH3 is 1. The van der Waals surface area contributed by atoms with Gasteiger partial charge in [0.1, 0.15) is 18.3 Å². The molecule has 1 aromatic carbocycles. The Morgan fingerprint density at radius 2 is 1.96 bits per heavy atom. The van der Waals surface area contributed by atoms with E-state index in [1.165, 1.54) is 18.7 Å². The molecule has 0 fully saturated rings. The minimum absolute atomic E-state index is 0.126. The van der Waals surface area contributed by atoms with E-state index < -0.39 is 5.97 Å². The minimum atomic E-state index is -0.466. The SMILES string of the molecule is COCC(C)OC(=O)Cn1nnc(C(C)=O)c1-c1ccccc1. The zero-order valence-corrected chi connectivity index (χ0v) is 13.4. The van der Waals surface area contributed by atoms with E-state index in [0.29, 0.717) is 12.3 Å². The van der Waals surface area contributed by atoms with Gasteiger partial charge in [0, 0.05) is 19.6 Å². The summed E-state index contributed by atoms with van der Waals surface area (Å²) in [6.07, 6.45) is -0.358. The molecule has 0 bridgehead atoms. The largest absolute Gasteiger partial charge is 0.459 e. The number of carbonyl (C=O) groups is 2. The highest BCUT2D eigenvalue weighted by Gasteiger charge is 2.20. The molecule has 122 valence electrons. The highest BCUT2D eigenvalue weighted by molar-refractivity contribution is 5.98. The van der Waals surface area contributed by atoms with Gasteiger partial charge in [0.2, 0.25) is 0 Å². The molecule has 1 unspecified atom stereocenters.